The van der Waals surface area contributed by atoms with Crippen LogP contribution in [0.25, 0.3) is 16.6 Å². The van der Waals surface area contributed by atoms with E-state index in [9.17, 15) is 4.79 Å². The van der Waals surface area contributed by atoms with Crippen molar-refractivity contribution in [1.82, 2.24) is 14.9 Å². The molecular weight excluding hydrogens is 278 g/mol. The first kappa shape index (κ1) is 13.5. The number of rotatable bonds is 3. The molecule has 0 amide bonds. The summed E-state index contributed by atoms with van der Waals surface area (Å²) in [4.78, 5) is 21.1. The van der Waals surface area contributed by atoms with Crippen molar-refractivity contribution in [2.75, 3.05) is 19.6 Å². The van der Waals surface area contributed by atoms with E-state index in [0.717, 1.165) is 38.1 Å². The molecule has 114 valence electrons. The number of nitrogens with zero attached hydrogens (tertiary/aromatic N) is 2. The topological polar surface area (TPSA) is 58.2 Å². The number of aromatic nitrogens is 2. The van der Waals surface area contributed by atoms with Gasteiger partial charge in [0.05, 0.1) is 0 Å². The number of ether oxygens (including phenoxy) is 1. The Hall–Kier alpha value is -2.14. The highest BCUT2D eigenvalue weighted by atomic mass is 16.5. The fraction of sp³-hybridized carbons (Fsp3) is 0.412. The van der Waals surface area contributed by atoms with E-state index in [4.69, 9.17) is 4.74 Å². The maximum atomic E-state index is 11.2. The van der Waals surface area contributed by atoms with Crippen LogP contribution in [0.15, 0.2) is 30.6 Å². The van der Waals surface area contributed by atoms with Crippen molar-refractivity contribution in [3.63, 3.8) is 0 Å². The van der Waals surface area contributed by atoms with E-state index in [1.54, 1.807) is 0 Å². The lowest BCUT2D eigenvalue weighted by Gasteiger charge is -2.28. The van der Waals surface area contributed by atoms with Gasteiger partial charge in [-0.25, -0.2) is 4.98 Å². The highest BCUT2D eigenvalue weighted by Gasteiger charge is 2.26. The van der Waals surface area contributed by atoms with Crippen LogP contribution in [0.3, 0.4) is 0 Å². The van der Waals surface area contributed by atoms with Crippen molar-refractivity contribution >= 4 is 22.6 Å². The first-order valence-electron chi connectivity index (χ1n) is 7.83. The third-order valence-corrected chi connectivity index (χ3v) is 4.52. The largest absolute Gasteiger partial charge is 0.461 e. The average Bonchev–Trinajstić information content (AvgIpc) is 3.14. The second kappa shape index (κ2) is 5.57. The minimum atomic E-state index is -0.0514. The third-order valence-electron chi connectivity index (χ3n) is 4.52. The number of fused-ring (bicyclic) bond motifs is 1. The van der Waals surface area contributed by atoms with Gasteiger partial charge < -0.3 is 9.72 Å². The average molecular weight is 297 g/mol. The summed E-state index contributed by atoms with van der Waals surface area (Å²) in [6.07, 6.45) is 8.68. The third kappa shape index (κ3) is 2.52. The Kier molecular flexibility index (Phi) is 3.42. The molecule has 2 aromatic heterocycles. The van der Waals surface area contributed by atoms with E-state index >= 15 is 0 Å². The van der Waals surface area contributed by atoms with E-state index in [0.29, 0.717) is 6.42 Å². The number of H-pyrrole nitrogens is 1. The Morgan fingerprint density at radius 3 is 3.14 bits per heavy atom. The number of carbonyl (C=O) groups excluding carboxylic acids is 1. The van der Waals surface area contributed by atoms with Gasteiger partial charge in [0.25, 0.3) is 0 Å². The number of hydrogen-bond donors (Lipinski definition) is 1. The lowest BCUT2D eigenvalue weighted by atomic mass is 9.99. The zero-order chi connectivity index (χ0) is 14.9. The first-order valence-corrected chi connectivity index (χ1v) is 7.83. The molecule has 1 saturated heterocycles. The highest BCUT2D eigenvalue weighted by Crippen LogP contribution is 2.28. The molecule has 2 aliphatic heterocycles. The lowest BCUT2D eigenvalue weighted by molar-refractivity contribution is -0.141. The molecule has 5 nitrogen and oxygen atoms in total. The van der Waals surface area contributed by atoms with Crippen LogP contribution in [0.4, 0.5) is 0 Å². The lowest BCUT2D eigenvalue weighted by Crippen LogP contribution is -2.35. The van der Waals surface area contributed by atoms with Crippen molar-refractivity contribution in [3.8, 4) is 0 Å². The van der Waals surface area contributed by atoms with E-state index < -0.39 is 0 Å². The Morgan fingerprint density at radius 1 is 1.41 bits per heavy atom. The number of aromatic amines is 1. The number of esters is 1. The standard InChI is InChI=1S/C17H19N3O2/c21-16-4-3-13(22-16)11-20-8-5-12(6-9-20)15-10-19-17-14(15)2-1-7-18-17/h1-2,5,7,10,13H,3-4,6,8-9,11H2,(H,18,19). The number of nitrogens with one attached hydrogen (secondary N) is 1. The Labute approximate surface area is 129 Å². The second-order valence-corrected chi connectivity index (χ2v) is 5.99. The first-order chi connectivity index (χ1) is 10.8. The van der Waals surface area contributed by atoms with Crippen LogP contribution in [-0.4, -0.2) is 46.6 Å². The normalized spacial score (nSPS) is 22.8. The second-order valence-electron chi connectivity index (χ2n) is 5.99. The van der Waals surface area contributed by atoms with Crippen LogP contribution in [0.5, 0.6) is 0 Å². The van der Waals surface area contributed by atoms with Crippen molar-refractivity contribution in [1.29, 1.82) is 0 Å². The Morgan fingerprint density at radius 2 is 2.36 bits per heavy atom. The summed E-state index contributed by atoms with van der Waals surface area (Å²) >= 11 is 0. The van der Waals surface area contributed by atoms with E-state index in [1.165, 1.54) is 16.5 Å². The predicted octanol–water partition coefficient (Wildman–Crippen LogP) is 2.36. The molecule has 0 saturated carbocycles. The summed E-state index contributed by atoms with van der Waals surface area (Å²) < 4.78 is 5.31. The Bertz CT molecular complexity index is 734. The van der Waals surface area contributed by atoms with Gasteiger partial charge >= 0.3 is 5.97 Å². The van der Waals surface area contributed by atoms with Gasteiger partial charge in [0.15, 0.2) is 0 Å². The van der Waals surface area contributed by atoms with Gasteiger partial charge in [-0.2, -0.15) is 0 Å². The molecule has 1 fully saturated rings. The molecule has 5 heteroatoms. The quantitative estimate of drug-likeness (QED) is 0.884. The van der Waals surface area contributed by atoms with Gasteiger partial charge in [0.2, 0.25) is 0 Å². The molecule has 1 N–H and O–H groups in total. The minimum absolute atomic E-state index is 0.0514. The van der Waals surface area contributed by atoms with E-state index in [2.05, 4.69) is 33.2 Å². The van der Waals surface area contributed by atoms with E-state index in [-0.39, 0.29) is 12.1 Å². The fourth-order valence-electron chi connectivity index (χ4n) is 3.34. The van der Waals surface area contributed by atoms with Crippen LogP contribution in [0.1, 0.15) is 24.8 Å². The SMILES string of the molecule is O=C1CCC(CN2CC=C(c3c[nH]c4ncccc34)CC2)O1. The van der Waals surface area contributed by atoms with Crippen molar-refractivity contribution in [3.05, 3.63) is 36.2 Å². The molecule has 2 aromatic rings. The van der Waals surface area contributed by atoms with Gasteiger partial charge in [-0.05, 0) is 30.5 Å². The molecule has 0 radical (unpaired) electrons. The molecule has 4 heterocycles. The van der Waals surface area contributed by atoms with Crippen molar-refractivity contribution < 1.29 is 9.53 Å². The molecule has 4 rings (SSSR count). The predicted molar refractivity (Wildman–Crippen MR) is 84.2 cm³/mol. The van der Waals surface area contributed by atoms with Crippen LogP contribution >= 0.6 is 0 Å². The van der Waals surface area contributed by atoms with Crippen molar-refractivity contribution in [2.45, 2.75) is 25.4 Å². The van der Waals surface area contributed by atoms with Gasteiger partial charge in [-0.15, -0.1) is 0 Å². The summed E-state index contributed by atoms with van der Waals surface area (Å²) in [6, 6.07) is 4.09. The van der Waals surface area contributed by atoms with Crippen LogP contribution < -0.4 is 0 Å². The summed E-state index contributed by atoms with van der Waals surface area (Å²) in [5.41, 5.74) is 3.58. The molecule has 2 aliphatic rings. The number of carbonyl (C=O) groups is 1. The zero-order valence-corrected chi connectivity index (χ0v) is 12.4. The number of pyridine rings is 1. The molecule has 1 atom stereocenters. The van der Waals surface area contributed by atoms with Crippen LogP contribution in [0, 0.1) is 0 Å². The summed E-state index contributed by atoms with van der Waals surface area (Å²) in [5, 5.41) is 1.19. The van der Waals surface area contributed by atoms with Crippen molar-refractivity contribution in [2.24, 2.45) is 0 Å². The maximum absolute atomic E-state index is 11.2. The highest BCUT2D eigenvalue weighted by molar-refractivity contribution is 5.90. The van der Waals surface area contributed by atoms with Crippen LogP contribution in [0.2, 0.25) is 0 Å². The summed E-state index contributed by atoms with van der Waals surface area (Å²) in [6.45, 7) is 2.77. The minimum Gasteiger partial charge on any atom is -0.461 e. The summed E-state index contributed by atoms with van der Waals surface area (Å²) in [7, 11) is 0. The number of cyclic esters (lactones) is 1. The molecule has 0 bridgehead atoms. The summed E-state index contributed by atoms with van der Waals surface area (Å²) in [5.74, 6) is -0.0514. The van der Waals surface area contributed by atoms with Gasteiger partial charge in [-0.3, -0.25) is 9.69 Å². The maximum Gasteiger partial charge on any atom is 0.306 e. The molecule has 0 spiro atoms. The van der Waals surface area contributed by atoms with E-state index in [1.807, 2.05) is 12.3 Å². The Balaban J connectivity index is 1.46. The zero-order valence-electron chi connectivity index (χ0n) is 12.4. The fourth-order valence-corrected chi connectivity index (χ4v) is 3.34. The molecule has 1 unspecified atom stereocenters. The van der Waals surface area contributed by atoms with Crippen LogP contribution in [-0.2, 0) is 9.53 Å². The molecular formula is C17H19N3O2. The van der Waals surface area contributed by atoms with Gasteiger partial charge in [0, 0.05) is 49.4 Å². The molecule has 0 aromatic carbocycles. The molecule has 22 heavy (non-hydrogen) atoms. The smallest absolute Gasteiger partial charge is 0.306 e. The van der Waals surface area contributed by atoms with Gasteiger partial charge in [-0.1, -0.05) is 6.08 Å². The van der Waals surface area contributed by atoms with Gasteiger partial charge in [0.1, 0.15) is 11.8 Å². The monoisotopic (exact) mass is 297 g/mol. The molecule has 0 aliphatic carbocycles. The number of hydrogen-bond acceptors (Lipinski definition) is 4.